The highest BCUT2D eigenvalue weighted by Crippen LogP contribution is 2.51. The molecule has 2 nitrogen and oxygen atoms in total. The van der Waals surface area contributed by atoms with E-state index in [0.717, 1.165) is 5.75 Å². The maximum absolute atomic E-state index is 6.41. The van der Waals surface area contributed by atoms with Crippen molar-refractivity contribution < 1.29 is 9.16 Å². The van der Waals surface area contributed by atoms with E-state index in [9.17, 15) is 0 Å². The molecule has 1 fully saturated rings. The van der Waals surface area contributed by atoms with Gasteiger partial charge in [-0.2, -0.15) is 0 Å². The smallest absolute Gasteiger partial charge is 0.250 e. The van der Waals surface area contributed by atoms with Crippen molar-refractivity contribution >= 4 is 8.32 Å². The van der Waals surface area contributed by atoms with Crippen LogP contribution in [0.2, 0.25) is 18.1 Å². The predicted molar refractivity (Wildman–Crippen MR) is 97.3 cm³/mol. The lowest BCUT2D eigenvalue weighted by Crippen LogP contribution is -2.43. The van der Waals surface area contributed by atoms with Gasteiger partial charge in [-0.05, 0) is 41.4 Å². The molecule has 3 rings (SSSR count). The van der Waals surface area contributed by atoms with Crippen LogP contribution in [0.1, 0.15) is 44.1 Å². The van der Waals surface area contributed by atoms with E-state index in [1.807, 2.05) is 6.07 Å². The van der Waals surface area contributed by atoms with E-state index in [0.29, 0.717) is 0 Å². The monoisotopic (exact) mass is 326 g/mol. The molecule has 0 N–H and O–H groups in total. The van der Waals surface area contributed by atoms with Crippen LogP contribution < -0.4 is 4.43 Å². The Morgan fingerprint density at radius 2 is 1.48 bits per heavy atom. The summed E-state index contributed by atoms with van der Waals surface area (Å²) in [6.07, 6.45) is 0.333. The largest absolute Gasteiger partial charge is 0.543 e. The van der Waals surface area contributed by atoms with Gasteiger partial charge in [-0.15, -0.1) is 0 Å². The average Bonchev–Trinajstić information content (AvgIpc) is 3.27. The van der Waals surface area contributed by atoms with Crippen molar-refractivity contribution in [2.75, 3.05) is 0 Å². The van der Waals surface area contributed by atoms with Gasteiger partial charge in [-0.3, -0.25) is 0 Å². The molecule has 2 aromatic rings. The van der Waals surface area contributed by atoms with E-state index < -0.39 is 8.32 Å². The second-order valence-corrected chi connectivity index (χ2v) is 12.5. The lowest BCUT2D eigenvalue weighted by molar-refractivity contribution is 0.377. The fourth-order valence-corrected chi connectivity index (χ4v) is 3.49. The molecule has 1 aliphatic heterocycles. The van der Waals surface area contributed by atoms with Crippen molar-refractivity contribution in [3.8, 4) is 5.75 Å². The highest BCUT2D eigenvalue weighted by molar-refractivity contribution is 6.74. The highest BCUT2D eigenvalue weighted by atomic mass is 28.4. The lowest BCUT2D eigenvalue weighted by Gasteiger charge is -2.36. The molecule has 0 radical (unpaired) electrons. The second kappa shape index (κ2) is 5.80. The molecule has 1 heterocycles. The van der Waals surface area contributed by atoms with E-state index in [4.69, 9.17) is 9.16 Å². The number of ether oxygens (including phenoxy) is 1. The molecule has 3 heteroatoms. The Morgan fingerprint density at radius 1 is 0.870 bits per heavy atom. The van der Waals surface area contributed by atoms with E-state index in [1.165, 1.54) is 11.1 Å². The van der Waals surface area contributed by atoms with Gasteiger partial charge in [0.1, 0.15) is 18.0 Å². The average molecular weight is 327 g/mol. The molecule has 1 aliphatic rings. The van der Waals surface area contributed by atoms with Crippen molar-refractivity contribution in [2.45, 2.75) is 51.1 Å². The molecule has 0 amide bonds. The van der Waals surface area contributed by atoms with Crippen molar-refractivity contribution in [2.24, 2.45) is 0 Å². The molecule has 0 bridgehead atoms. The summed E-state index contributed by atoms with van der Waals surface area (Å²) < 4.78 is 12.3. The van der Waals surface area contributed by atoms with Gasteiger partial charge in [0.25, 0.3) is 0 Å². The molecule has 2 atom stereocenters. The van der Waals surface area contributed by atoms with Crippen LogP contribution in [0.3, 0.4) is 0 Å². The standard InChI is InChI=1S/C20H26O2Si/c1-20(2,3)23(4,5)22-17-13-9-12-16(14-17)19-18(21-19)15-10-7-6-8-11-15/h6-14,18-19H,1-5H3/t18-,19-/m0/s1. The van der Waals surface area contributed by atoms with E-state index >= 15 is 0 Å². The van der Waals surface area contributed by atoms with Crippen LogP contribution in [0.15, 0.2) is 54.6 Å². The van der Waals surface area contributed by atoms with Crippen LogP contribution in [0.25, 0.3) is 0 Å². The van der Waals surface area contributed by atoms with Gasteiger partial charge in [0.05, 0.1) is 0 Å². The Labute approximate surface area is 140 Å². The molecule has 122 valence electrons. The van der Waals surface area contributed by atoms with Crippen LogP contribution >= 0.6 is 0 Å². The van der Waals surface area contributed by atoms with Crippen LogP contribution in [-0.4, -0.2) is 8.32 Å². The molecule has 2 aromatic carbocycles. The maximum Gasteiger partial charge on any atom is 0.250 e. The summed E-state index contributed by atoms with van der Waals surface area (Å²) in [4.78, 5) is 0. The molecule has 0 unspecified atom stereocenters. The molecule has 0 aromatic heterocycles. The van der Waals surface area contributed by atoms with Crippen molar-refractivity contribution in [3.05, 3.63) is 65.7 Å². The molecular formula is C20H26O2Si. The zero-order valence-corrected chi connectivity index (χ0v) is 15.7. The Bertz CT molecular complexity index is 674. The summed E-state index contributed by atoms with van der Waals surface area (Å²) in [6, 6.07) is 18.8. The van der Waals surface area contributed by atoms with E-state index in [-0.39, 0.29) is 17.2 Å². The van der Waals surface area contributed by atoms with Gasteiger partial charge in [0.15, 0.2) is 0 Å². The molecule has 23 heavy (non-hydrogen) atoms. The third-order valence-electron chi connectivity index (χ3n) is 4.99. The highest BCUT2D eigenvalue weighted by Gasteiger charge is 2.42. The summed E-state index contributed by atoms with van der Waals surface area (Å²) >= 11 is 0. The zero-order chi connectivity index (χ0) is 16.7. The first-order chi connectivity index (χ1) is 10.8. The Hall–Kier alpha value is -1.58. The third-order valence-corrected chi connectivity index (χ3v) is 9.34. The third kappa shape index (κ3) is 3.51. The van der Waals surface area contributed by atoms with Gasteiger partial charge in [0.2, 0.25) is 8.32 Å². The van der Waals surface area contributed by atoms with Gasteiger partial charge in [0, 0.05) is 0 Å². The Kier molecular flexibility index (Phi) is 4.11. The van der Waals surface area contributed by atoms with Crippen LogP contribution in [0.4, 0.5) is 0 Å². The van der Waals surface area contributed by atoms with Crippen LogP contribution in [-0.2, 0) is 4.74 Å². The molecule has 1 saturated heterocycles. The fourth-order valence-electron chi connectivity index (χ4n) is 2.46. The summed E-state index contributed by atoms with van der Waals surface area (Å²) in [7, 11) is -1.80. The fraction of sp³-hybridized carbons (Fsp3) is 0.400. The van der Waals surface area contributed by atoms with Gasteiger partial charge < -0.3 is 9.16 Å². The Balaban J connectivity index is 1.75. The van der Waals surface area contributed by atoms with Crippen molar-refractivity contribution in [1.29, 1.82) is 0 Å². The SMILES string of the molecule is CC(C)(C)[Si](C)(C)Oc1cccc([C@@H]2O[C@H]2c2ccccc2)c1. The molecule has 0 spiro atoms. The van der Waals surface area contributed by atoms with Crippen LogP contribution in [0, 0.1) is 0 Å². The maximum atomic E-state index is 6.41. The lowest BCUT2D eigenvalue weighted by atomic mass is 10.0. The predicted octanol–water partition coefficient (Wildman–Crippen LogP) is 5.88. The van der Waals surface area contributed by atoms with Gasteiger partial charge in [-0.25, -0.2) is 0 Å². The quantitative estimate of drug-likeness (QED) is 0.516. The minimum atomic E-state index is -1.80. The summed E-state index contributed by atoms with van der Waals surface area (Å²) in [6.45, 7) is 11.3. The first kappa shape index (κ1) is 16.3. The van der Waals surface area contributed by atoms with E-state index in [1.54, 1.807) is 0 Å². The second-order valence-electron chi connectivity index (χ2n) is 7.82. The number of hydrogen-bond donors (Lipinski definition) is 0. The van der Waals surface area contributed by atoms with Crippen LogP contribution in [0.5, 0.6) is 5.75 Å². The first-order valence-corrected chi connectivity index (χ1v) is 11.2. The number of epoxide rings is 1. The first-order valence-electron chi connectivity index (χ1n) is 8.27. The normalized spacial score (nSPS) is 21.1. The zero-order valence-electron chi connectivity index (χ0n) is 14.7. The summed E-state index contributed by atoms with van der Waals surface area (Å²) in [5, 5.41) is 0.200. The van der Waals surface area contributed by atoms with Gasteiger partial charge in [-0.1, -0.05) is 63.2 Å². The number of rotatable bonds is 4. The van der Waals surface area contributed by atoms with Crippen molar-refractivity contribution in [3.63, 3.8) is 0 Å². The minimum absolute atomic E-state index is 0.153. The molecular weight excluding hydrogens is 300 g/mol. The topological polar surface area (TPSA) is 21.8 Å². The Morgan fingerprint density at radius 3 is 2.13 bits per heavy atom. The summed E-state index contributed by atoms with van der Waals surface area (Å²) in [5.41, 5.74) is 2.45. The summed E-state index contributed by atoms with van der Waals surface area (Å²) in [5.74, 6) is 0.969. The number of benzene rings is 2. The van der Waals surface area contributed by atoms with Gasteiger partial charge >= 0.3 is 0 Å². The van der Waals surface area contributed by atoms with E-state index in [2.05, 4.69) is 82.4 Å². The minimum Gasteiger partial charge on any atom is -0.543 e. The molecule has 0 saturated carbocycles. The van der Waals surface area contributed by atoms with Crippen molar-refractivity contribution in [1.82, 2.24) is 0 Å². The number of hydrogen-bond acceptors (Lipinski definition) is 2. The molecule has 0 aliphatic carbocycles.